The van der Waals surface area contributed by atoms with Crippen molar-refractivity contribution < 1.29 is 19.1 Å². The molecule has 3 aromatic carbocycles. The van der Waals surface area contributed by atoms with Crippen LogP contribution in [0.3, 0.4) is 0 Å². The van der Waals surface area contributed by atoms with Crippen molar-refractivity contribution in [2.75, 3.05) is 5.75 Å². The summed E-state index contributed by atoms with van der Waals surface area (Å²) in [7, 11) is 0. The number of hydrogen-bond donors (Lipinski definition) is 0. The maximum Gasteiger partial charge on any atom is 0.347 e. The van der Waals surface area contributed by atoms with Crippen LogP contribution in [-0.4, -0.2) is 23.8 Å². The summed E-state index contributed by atoms with van der Waals surface area (Å²) in [5, 5.41) is 0. The van der Waals surface area contributed by atoms with Crippen LogP contribution in [0.1, 0.15) is 87.6 Å². The third-order valence-electron chi connectivity index (χ3n) is 6.66. The number of esters is 2. The van der Waals surface area contributed by atoms with Crippen molar-refractivity contribution in [3.63, 3.8) is 0 Å². The van der Waals surface area contributed by atoms with Crippen molar-refractivity contribution in [3.05, 3.63) is 90.0 Å². The molecule has 0 saturated heterocycles. The fourth-order valence-corrected chi connectivity index (χ4v) is 5.18. The maximum absolute atomic E-state index is 12.5. The van der Waals surface area contributed by atoms with Gasteiger partial charge in [0.05, 0.1) is 5.56 Å². The number of benzene rings is 3. The first-order chi connectivity index (χ1) is 19.1. The van der Waals surface area contributed by atoms with Gasteiger partial charge in [0, 0.05) is 4.90 Å². The normalized spacial score (nSPS) is 11.6. The minimum Gasteiger partial charge on any atom is -0.458 e. The Morgan fingerprint density at radius 1 is 0.718 bits per heavy atom. The van der Waals surface area contributed by atoms with Crippen molar-refractivity contribution in [3.8, 4) is 11.1 Å². The Morgan fingerprint density at radius 2 is 1.28 bits per heavy atom. The lowest BCUT2D eigenvalue weighted by molar-refractivity contribution is -0.154. The number of hydrogen-bond acceptors (Lipinski definition) is 5. The van der Waals surface area contributed by atoms with E-state index in [4.69, 9.17) is 9.47 Å². The van der Waals surface area contributed by atoms with Crippen LogP contribution >= 0.6 is 11.8 Å². The van der Waals surface area contributed by atoms with Gasteiger partial charge in [-0.25, -0.2) is 9.59 Å². The van der Waals surface area contributed by atoms with Crippen molar-refractivity contribution in [2.45, 2.75) is 89.2 Å². The van der Waals surface area contributed by atoms with Crippen LogP contribution in [0.2, 0.25) is 0 Å². The first-order valence-electron chi connectivity index (χ1n) is 14.3. The summed E-state index contributed by atoms with van der Waals surface area (Å²) in [6, 6.07) is 25.2. The number of unbranched alkanes of at least 4 members (excludes halogenated alkanes) is 8. The van der Waals surface area contributed by atoms with Gasteiger partial charge in [-0.1, -0.05) is 113 Å². The number of rotatable bonds is 17. The lowest BCUT2D eigenvalue weighted by Gasteiger charge is -2.13. The monoisotopic (exact) mass is 546 g/mol. The zero-order valence-corrected chi connectivity index (χ0v) is 24.2. The highest BCUT2D eigenvalue weighted by Gasteiger charge is 2.20. The molecule has 0 amide bonds. The van der Waals surface area contributed by atoms with Gasteiger partial charge in [-0.15, -0.1) is 11.8 Å². The van der Waals surface area contributed by atoms with E-state index in [9.17, 15) is 9.59 Å². The lowest BCUT2D eigenvalue weighted by Crippen LogP contribution is -2.26. The predicted octanol–water partition coefficient (Wildman–Crippen LogP) is 9.27. The molecule has 39 heavy (non-hydrogen) atoms. The van der Waals surface area contributed by atoms with Gasteiger partial charge in [0.15, 0.2) is 6.10 Å². The van der Waals surface area contributed by atoms with E-state index in [2.05, 4.69) is 31.2 Å². The highest BCUT2D eigenvalue weighted by molar-refractivity contribution is 7.99. The van der Waals surface area contributed by atoms with Crippen molar-refractivity contribution in [2.24, 2.45) is 0 Å². The van der Waals surface area contributed by atoms with Crippen molar-refractivity contribution >= 4 is 23.7 Å². The average molecular weight is 547 g/mol. The molecule has 0 aliphatic rings. The van der Waals surface area contributed by atoms with E-state index < -0.39 is 18.0 Å². The number of carbonyl (C=O) groups is 2. The second kappa shape index (κ2) is 17.5. The predicted molar refractivity (Wildman–Crippen MR) is 161 cm³/mol. The first kappa shape index (κ1) is 30.5. The molecule has 0 radical (unpaired) electrons. The Balaban J connectivity index is 1.36. The topological polar surface area (TPSA) is 52.6 Å². The van der Waals surface area contributed by atoms with Crippen LogP contribution in [0.25, 0.3) is 11.1 Å². The smallest absolute Gasteiger partial charge is 0.347 e. The summed E-state index contributed by atoms with van der Waals surface area (Å²) in [5.74, 6) is 0.0399. The molecule has 5 heteroatoms. The molecule has 1 atom stereocenters. The highest BCUT2D eigenvalue weighted by Crippen LogP contribution is 2.26. The van der Waals surface area contributed by atoms with Crippen LogP contribution in [0.4, 0.5) is 0 Å². The second-order valence-corrected chi connectivity index (χ2v) is 11.1. The van der Waals surface area contributed by atoms with E-state index >= 15 is 0 Å². The minimum absolute atomic E-state index is 0.146. The van der Waals surface area contributed by atoms with Gasteiger partial charge in [-0.3, -0.25) is 0 Å². The summed E-state index contributed by atoms with van der Waals surface area (Å²) in [6.45, 7) is 3.93. The van der Waals surface area contributed by atoms with Crippen molar-refractivity contribution in [1.29, 1.82) is 0 Å². The molecular formula is C34H42O4S. The maximum atomic E-state index is 12.5. The Kier molecular flexibility index (Phi) is 13.7. The van der Waals surface area contributed by atoms with Crippen LogP contribution in [0.15, 0.2) is 83.8 Å². The van der Waals surface area contributed by atoms with E-state index in [1.54, 1.807) is 12.1 Å². The molecular weight excluding hydrogens is 504 g/mol. The van der Waals surface area contributed by atoms with Gasteiger partial charge in [0.2, 0.25) is 0 Å². The number of carbonyl (C=O) groups excluding carboxylic acids is 2. The van der Waals surface area contributed by atoms with E-state index in [-0.39, 0.29) is 6.61 Å². The summed E-state index contributed by atoms with van der Waals surface area (Å²) < 4.78 is 10.6. The molecule has 4 nitrogen and oxygen atoms in total. The largest absolute Gasteiger partial charge is 0.458 e. The SMILES string of the molecule is CCCCCCCCCCCSc1ccc(-c2ccc(C(=O)O[C@@H](C)C(=O)OCc3ccccc3)cc2)cc1. The van der Waals surface area contributed by atoms with Gasteiger partial charge in [-0.2, -0.15) is 0 Å². The quantitative estimate of drug-likeness (QED) is 0.0959. The Labute approximate surface area is 238 Å². The molecule has 3 aromatic rings. The van der Waals surface area contributed by atoms with E-state index in [0.29, 0.717) is 5.56 Å². The molecule has 0 saturated carbocycles. The minimum atomic E-state index is -0.985. The fraction of sp³-hybridized carbons (Fsp3) is 0.412. The van der Waals surface area contributed by atoms with E-state index in [1.165, 1.54) is 69.6 Å². The molecule has 0 N–H and O–H groups in total. The summed E-state index contributed by atoms with van der Waals surface area (Å²) >= 11 is 1.92. The second-order valence-electron chi connectivity index (χ2n) is 9.92. The molecule has 3 rings (SSSR count). The summed E-state index contributed by atoms with van der Waals surface area (Å²) in [5.41, 5.74) is 3.40. The Hall–Kier alpha value is -3.05. The Morgan fingerprint density at radius 3 is 1.90 bits per heavy atom. The van der Waals surface area contributed by atoms with Gasteiger partial charge >= 0.3 is 11.9 Å². The molecule has 208 valence electrons. The third-order valence-corrected chi connectivity index (χ3v) is 7.76. The standard InChI is InChI=1S/C34H42O4S/c1-3-4-5-6-7-8-9-10-14-25-39-32-23-21-30(22-24-32)29-17-19-31(20-18-29)34(36)38-27(2)33(35)37-26-28-15-12-11-13-16-28/h11-13,15-24,27H,3-10,14,25-26H2,1-2H3/t27-/m0/s1. The molecule has 0 spiro atoms. The number of ether oxygens (including phenoxy) is 2. The van der Waals surface area contributed by atoms with Gasteiger partial charge in [0.1, 0.15) is 6.61 Å². The van der Waals surface area contributed by atoms with E-state index in [0.717, 1.165) is 22.4 Å². The molecule has 0 aliphatic heterocycles. The molecule has 0 unspecified atom stereocenters. The van der Waals surface area contributed by atoms with E-state index in [1.807, 2.05) is 54.2 Å². The van der Waals surface area contributed by atoms with Crippen LogP contribution in [-0.2, 0) is 20.9 Å². The summed E-state index contributed by atoms with van der Waals surface area (Å²) in [4.78, 5) is 26.0. The molecule has 0 aromatic heterocycles. The van der Waals surface area contributed by atoms with Gasteiger partial charge in [0.25, 0.3) is 0 Å². The van der Waals surface area contributed by atoms with Gasteiger partial charge < -0.3 is 9.47 Å². The first-order valence-corrected chi connectivity index (χ1v) is 15.3. The average Bonchev–Trinajstić information content (AvgIpc) is 2.97. The zero-order valence-electron chi connectivity index (χ0n) is 23.4. The number of thioether (sulfide) groups is 1. The molecule has 0 fully saturated rings. The van der Waals surface area contributed by atoms with Crippen LogP contribution in [0, 0.1) is 0 Å². The summed E-state index contributed by atoms with van der Waals surface area (Å²) in [6.07, 6.45) is 11.2. The van der Waals surface area contributed by atoms with Crippen LogP contribution in [0.5, 0.6) is 0 Å². The lowest BCUT2D eigenvalue weighted by atomic mass is 10.0. The fourth-order valence-electron chi connectivity index (χ4n) is 4.27. The highest BCUT2D eigenvalue weighted by atomic mass is 32.2. The Bertz CT molecular complexity index is 1110. The van der Waals surface area contributed by atoms with Crippen molar-refractivity contribution in [1.82, 2.24) is 0 Å². The van der Waals surface area contributed by atoms with Gasteiger partial charge in [-0.05, 0) is 60.1 Å². The molecule has 0 aliphatic carbocycles. The molecule has 0 bridgehead atoms. The van der Waals surface area contributed by atoms with Crippen LogP contribution < -0.4 is 0 Å². The zero-order chi connectivity index (χ0) is 27.7. The third kappa shape index (κ3) is 11.3. The molecule has 0 heterocycles.